The molecule has 0 heterocycles. The molecule has 0 unspecified atom stereocenters. The Labute approximate surface area is 121 Å². The van der Waals surface area contributed by atoms with Crippen LogP contribution in [-0.4, -0.2) is 33.6 Å². The predicted molar refractivity (Wildman–Crippen MR) is 82.0 cm³/mol. The molecule has 1 aromatic carbocycles. The lowest BCUT2D eigenvalue weighted by atomic mass is 10.2. The van der Waals surface area contributed by atoms with E-state index in [-0.39, 0.29) is 5.75 Å². The number of sulfone groups is 1. The third-order valence-corrected chi connectivity index (χ3v) is 5.16. The molecule has 0 amide bonds. The van der Waals surface area contributed by atoms with E-state index in [1.54, 1.807) is 19.1 Å². The van der Waals surface area contributed by atoms with Gasteiger partial charge in [-0.2, -0.15) is 0 Å². The van der Waals surface area contributed by atoms with Gasteiger partial charge in [-0.05, 0) is 37.1 Å². The number of hydrogen-bond donors (Lipinski definition) is 0. The number of hydrogen-bond acceptors (Lipinski definition) is 3. The van der Waals surface area contributed by atoms with E-state index >= 15 is 0 Å². The Bertz CT molecular complexity index is 471. The SMILES string of the molecule is CCS(=O)(=O)c1ccc(N(C)CCCCCCl)cc1. The third-order valence-electron chi connectivity index (χ3n) is 3.14. The predicted octanol–water partition coefficient (Wildman–Crippen LogP) is 3.33. The molecule has 5 heteroatoms. The second kappa shape index (κ2) is 7.75. The first-order valence-electron chi connectivity index (χ1n) is 6.61. The van der Waals surface area contributed by atoms with E-state index in [2.05, 4.69) is 4.90 Å². The minimum Gasteiger partial charge on any atom is -0.375 e. The highest BCUT2D eigenvalue weighted by Crippen LogP contribution is 2.18. The lowest BCUT2D eigenvalue weighted by Crippen LogP contribution is -2.18. The summed E-state index contributed by atoms with van der Waals surface area (Å²) in [5.41, 5.74) is 1.04. The molecule has 1 rings (SSSR count). The van der Waals surface area contributed by atoms with Crippen LogP contribution in [0.1, 0.15) is 26.2 Å². The van der Waals surface area contributed by atoms with Crippen molar-refractivity contribution in [3.05, 3.63) is 24.3 Å². The summed E-state index contributed by atoms with van der Waals surface area (Å²) in [6, 6.07) is 7.10. The normalized spacial score (nSPS) is 11.5. The van der Waals surface area contributed by atoms with Gasteiger partial charge in [0, 0.05) is 25.2 Å². The molecule has 0 aliphatic rings. The van der Waals surface area contributed by atoms with Gasteiger partial charge in [0.1, 0.15) is 0 Å². The van der Waals surface area contributed by atoms with E-state index in [9.17, 15) is 8.42 Å². The molecule has 0 aliphatic carbocycles. The van der Waals surface area contributed by atoms with Crippen molar-refractivity contribution in [2.75, 3.05) is 30.1 Å². The number of rotatable bonds is 8. The fourth-order valence-corrected chi connectivity index (χ4v) is 2.90. The van der Waals surface area contributed by atoms with E-state index in [1.165, 1.54) is 0 Å². The molecule has 0 aliphatic heterocycles. The molecule has 0 radical (unpaired) electrons. The van der Waals surface area contributed by atoms with Crippen molar-refractivity contribution in [2.24, 2.45) is 0 Å². The quantitative estimate of drug-likeness (QED) is 0.546. The van der Waals surface area contributed by atoms with Crippen LogP contribution in [0, 0.1) is 0 Å². The van der Waals surface area contributed by atoms with Crippen molar-refractivity contribution in [3.63, 3.8) is 0 Å². The Balaban J connectivity index is 2.61. The molecule has 0 spiro atoms. The monoisotopic (exact) mass is 303 g/mol. The molecule has 1 aromatic rings. The zero-order chi connectivity index (χ0) is 14.3. The van der Waals surface area contributed by atoms with Crippen molar-refractivity contribution < 1.29 is 8.42 Å². The van der Waals surface area contributed by atoms with Gasteiger partial charge in [0.25, 0.3) is 0 Å². The zero-order valence-corrected chi connectivity index (χ0v) is 13.2. The molecule has 3 nitrogen and oxygen atoms in total. The Morgan fingerprint density at radius 1 is 1.11 bits per heavy atom. The van der Waals surface area contributed by atoms with E-state index in [0.717, 1.165) is 31.5 Å². The van der Waals surface area contributed by atoms with Gasteiger partial charge in [-0.1, -0.05) is 13.3 Å². The van der Waals surface area contributed by atoms with Crippen LogP contribution >= 0.6 is 11.6 Å². The standard InChI is InChI=1S/C14H22ClNO2S/c1-3-19(17,18)14-9-7-13(8-10-14)16(2)12-6-4-5-11-15/h7-10H,3-6,11-12H2,1-2H3. The molecule has 0 atom stereocenters. The molecule has 108 valence electrons. The number of nitrogens with zero attached hydrogens (tertiary/aromatic N) is 1. The van der Waals surface area contributed by atoms with Crippen LogP contribution in [0.25, 0.3) is 0 Å². The number of unbranched alkanes of at least 4 members (excludes halogenated alkanes) is 2. The van der Waals surface area contributed by atoms with Crippen molar-refractivity contribution in [3.8, 4) is 0 Å². The highest BCUT2D eigenvalue weighted by Gasteiger charge is 2.11. The van der Waals surface area contributed by atoms with E-state index in [1.807, 2.05) is 19.2 Å². The fourth-order valence-electron chi connectivity index (χ4n) is 1.82. The maximum Gasteiger partial charge on any atom is 0.178 e. The highest BCUT2D eigenvalue weighted by atomic mass is 35.5. The van der Waals surface area contributed by atoms with Crippen LogP contribution in [0.5, 0.6) is 0 Å². The number of alkyl halides is 1. The van der Waals surface area contributed by atoms with Crippen LogP contribution in [0.4, 0.5) is 5.69 Å². The lowest BCUT2D eigenvalue weighted by molar-refractivity contribution is 0.597. The second-order valence-corrected chi connectivity index (χ2v) is 7.22. The smallest absolute Gasteiger partial charge is 0.178 e. The summed E-state index contributed by atoms with van der Waals surface area (Å²) in [6.45, 7) is 2.61. The summed E-state index contributed by atoms with van der Waals surface area (Å²) in [5.74, 6) is 0.855. The second-order valence-electron chi connectivity index (χ2n) is 4.57. The van der Waals surface area contributed by atoms with Crippen LogP contribution in [0.3, 0.4) is 0 Å². The molecular weight excluding hydrogens is 282 g/mol. The number of halogens is 1. The van der Waals surface area contributed by atoms with Gasteiger partial charge in [0.15, 0.2) is 9.84 Å². The van der Waals surface area contributed by atoms with Gasteiger partial charge < -0.3 is 4.90 Å². The highest BCUT2D eigenvalue weighted by molar-refractivity contribution is 7.91. The lowest BCUT2D eigenvalue weighted by Gasteiger charge is -2.19. The van der Waals surface area contributed by atoms with Crippen molar-refractivity contribution in [2.45, 2.75) is 31.1 Å². The summed E-state index contributed by atoms with van der Waals surface area (Å²) in [7, 11) is -1.08. The summed E-state index contributed by atoms with van der Waals surface area (Å²) >= 11 is 5.64. The first kappa shape index (κ1) is 16.3. The summed E-state index contributed by atoms with van der Waals surface area (Å²) in [5, 5.41) is 0. The topological polar surface area (TPSA) is 37.4 Å². The first-order valence-corrected chi connectivity index (χ1v) is 8.80. The van der Waals surface area contributed by atoms with Gasteiger partial charge >= 0.3 is 0 Å². The van der Waals surface area contributed by atoms with E-state index in [4.69, 9.17) is 11.6 Å². The van der Waals surface area contributed by atoms with Crippen molar-refractivity contribution >= 4 is 27.1 Å². The molecule has 0 saturated heterocycles. The average molecular weight is 304 g/mol. The zero-order valence-electron chi connectivity index (χ0n) is 11.6. The van der Waals surface area contributed by atoms with E-state index < -0.39 is 9.84 Å². The van der Waals surface area contributed by atoms with Gasteiger partial charge in [-0.15, -0.1) is 11.6 Å². The van der Waals surface area contributed by atoms with Crippen molar-refractivity contribution in [1.29, 1.82) is 0 Å². The number of benzene rings is 1. The first-order chi connectivity index (χ1) is 9.01. The Hall–Kier alpha value is -0.740. The maximum absolute atomic E-state index is 11.7. The van der Waals surface area contributed by atoms with E-state index in [0.29, 0.717) is 10.8 Å². The van der Waals surface area contributed by atoms with Gasteiger partial charge in [-0.3, -0.25) is 0 Å². The van der Waals surface area contributed by atoms with Crippen LogP contribution in [0.2, 0.25) is 0 Å². The molecule has 0 saturated carbocycles. The summed E-state index contributed by atoms with van der Waals surface area (Å²) < 4.78 is 23.4. The van der Waals surface area contributed by atoms with Gasteiger partial charge in [-0.25, -0.2) is 8.42 Å². The minimum atomic E-state index is -3.10. The van der Waals surface area contributed by atoms with Gasteiger partial charge in [0.2, 0.25) is 0 Å². The van der Waals surface area contributed by atoms with Gasteiger partial charge in [0.05, 0.1) is 10.6 Å². The van der Waals surface area contributed by atoms with Crippen LogP contribution in [-0.2, 0) is 9.84 Å². The Morgan fingerprint density at radius 3 is 2.26 bits per heavy atom. The summed E-state index contributed by atoms with van der Waals surface area (Å²) in [6.07, 6.45) is 3.26. The average Bonchev–Trinajstić information content (AvgIpc) is 2.43. The molecule has 0 bridgehead atoms. The molecule has 0 aromatic heterocycles. The molecule has 0 fully saturated rings. The minimum absolute atomic E-state index is 0.139. The largest absolute Gasteiger partial charge is 0.375 e. The Kier molecular flexibility index (Phi) is 6.66. The number of anilines is 1. The van der Waals surface area contributed by atoms with Crippen LogP contribution < -0.4 is 4.90 Å². The third kappa shape index (κ3) is 5.03. The fraction of sp³-hybridized carbons (Fsp3) is 0.571. The summed E-state index contributed by atoms with van der Waals surface area (Å²) in [4.78, 5) is 2.53. The van der Waals surface area contributed by atoms with Crippen LogP contribution in [0.15, 0.2) is 29.2 Å². The van der Waals surface area contributed by atoms with Crippen molar-refractivity contribution in [1.82, 2.24) is 0 Å². The molecular formula is C14H22ClNO2S. The Morgan fingerprint density at radius 2 is 1.74 bits per heavy atom. The molecule has 19 heavy (non-hydrogen) atoms. The maximum atomic E-state index is 11.7. The molecule has 0 N–H and O–H groups in total.